The van der Waals surface area contributed by atoms with E-state index >= 15 is 0 Å². The molecule has 0 saturated heterocycles. The maximum atomic E-state index is 10.6. The second-order valence-electron chi connectivity index (χ2n) is 3.45. The number of carbonyl (C=O) groups excluding carboxylic acids is 1. The van der Waals surface area contributed by atoms with Crippen LogP contribution >= 0.6 is 11.8 Å². The molecule has 0 aromatic carbocycles. The molecule has 0 amide bonds. The lowest BCUT2D eigenvalue weighted by molar-refractivity contribution is 0.112. The van der Waals surface area contributed by atoms with Gasteiger partial charge in [0.15, 0.2) is 6.29 Å². The van der Waals surface area contributed by atoms with Gasteiger partial charge < -0.3 is 4.42 Å². The lowest BCUT2D eigenvalue weighted by Gasteiger charge is -2.03. The number of aryl methyl sites for hydroxylation is 2. The van der Waals surface area contributed by atoms with Crippen LogP contribution < -0.4 is 0 Å². The Kier molecular flexibility index (Phi) is 3.10. The van der Waals surface area contributed by atoms with Crippen molar-refractivity contribution in [1.29, 1.82) is 0 Å². The molecule has 0 aliphatic rings. The minimum Gasteiger partial charge on any atom is -0.468 e. The third-order valence-electron chi connectivity index (χ3n) is 2.21. The highest BCUT2D eigenvalue weighted by Gasteiger charge is 2.07. The fourth-order valence-electron chi connectivity index (χ4n) is 1.34. The maximum Gasteiger partial charge on any atom is 0.151 e. The van der Waals surface area contributed by atoms with Crippen LogP contribution in [0.1, 0.15) is 21.7 Å². The molecule has 3 nitrogen and oxygen atoms in total. The highest BCUT2D eigenvalue weighted by molar-refractivity contribution is 7.99. The largest absolute Gasteiger partial charge is 0.468 e. The monoisotopic (exact) mass is 233 g/mol. The van der Waals surface area contributed by atoms with E-state index in [0.29, 0.717) is 5.56 Å². The van der Waals surface area contributed by atoms with Gasteiger partial charge in [0.1, 0.15) is 10.8 Å². The number of aromatic nitrogens is 1. The van der Waals surface area contributed by atoms with Crippen LogP contribution in [0, 0.1) is 13.8 Å². The zero-order chi connectivity index (χ0) is 11.5. The van der Waals surface area contributed by atoms with E-state index in [9.17, 15) is 4.79 Å². The maximum absolute atomic E-state index is 10.6. The lowest BCUT2D eigenvalue weighted by Crippen LogP contribution is -1.89. The summed E-state index contributed by atoms with van der Waals surface area (Å²) in [6.07, 6.45) is 4.04. The Morgan fingerprint density at radius 2 is 2.25 bits per heavy atom. The average molecular weight is 233 g/mol. The van der Waals surface area contributed by atoms with Crippen molar-refractivity contribution in [3.8, 4) is 0 Å². The van der Waals surface area contributed by atoms with E-state index in [1.807, 2.05) is 26.0 Å². The van der Waals surface area contributed by atoms with Gasteiger partial charge >= 0.3 is 0 Å². The van der Waals surface area contributed by atoms with Crippen molar-refractivity contribution in [2.24, 2.45) is 0 Å². The Morgan fingerprint density at radius 3 is 2.81 bits per heavy atom. The molecule has 2 aromatic heterocycles. The van der Waals surface area contributed by atoms with Gasteiger partial charge in [-0.25, -0.2) is 4.98 Å². The van der Waals surface area contributed by atoms with Crippen LogP contribution in [0.25, 0.3) is 0 Å². The molecule has 0 aliphatic heterocycles. The Morgan fingerprint density at radius 1 is 1.44 bits per heavy atom. The smallest absolute Gasteiger partial charge is 0.151 e. The van der Waals surface area contributed by atoms with E-state index in [-0.39, 0.29) is 0 Å². The molecule has 0 bridgehead atoms. The number of nitrogens with zero attached hydrogens (tertiary/aromatic N) is 1. The van der Waals surface area contributed by atoms with Crippen LogP contribution in [0.3, 0.4) is 0 Å². The Hall–Kier alpha value is -1.55. The number of hydrogen-bond acceptors (Lipinski definition) is 4. The predicted molar refractivity (Wildman–Crippen MR) is 61.9 cm³/mol. The van der Waals surface area contributed by atoms with E-state index in [1.54, 1.807) is 24.2 Å². The molecule has 0 N–H and O–H groups in total. The Labute approximate surface area is 97.9 Å². The zero-order valence-corrected chi connectivity index (χ0v) is 9.88. The second-order valence-corrected chi connectivity index (χ2v) is 4.48. The quantitative estimate of drug-likeness (QED) is 0.763. The third-order valence-corrected chi connectivity index (χ3v) is 3.47. The molecule has 0 aliphatic carbocycles. The highest BCUT2D eigenvalue weighted by atomic mass is 32.2. The van der Waals surface area contributed by atoms with Crippen molar-refractivity contribution in [2.45, 2.75) is 23.8 Å². The molecule has 0 radical (unpaired) electrons. The molecule has 0 atom stereocenters. The summed E-state index contributed by atoms with van der Waals surface area (Å²) in [5.41, 5.74) is 1.60. The predicted octanol–water partition coefficient (Wildman–Crippen LogP) is 3.26. The first-order valence-electron chi connectivity index (χ1n) is 4.84. The first-order chi connectivity index (χ1) is 7.70. The summed E-state index contributed by atoms with van der Waals surface area (Å²) >= 11 is 1.55. The van der Waals surface area contributed by atoms with Crippen LogP contribution in [-0.2, 0) is 0 Å². The van der Waals surface area contributed by atoms with Gasteiger partial charge in [-0.05, 0) is 31.5 Å². The summed E-state index contributed by atoms with van der Waals surface area (Å²) in [6, 6.07) is 3.74. The number of furan rings is 1. The van der Waals surface area contributed by atoms with E-state index < -0.39 is 0 Å². The number of hydrogen-bond donors (Lipinski definition) is 0. The Balaban J connectivity index is 2.29. The molecule has 2 aromatic rings. The average Bonchev–Trinajstić information content (AvgIpc) is 2.67. The summed E-state index contributed by atoms with van der Waals surface area (Å²) in [5, 5.41) is 0.898. The normalized spacial score (nSPS) is 10.4. The fraction of sp³-hybridized carbons (Fsp3) is 0.167. The standard InChI is InChI=1S/C12H11NO2S/c1-8-5-10(7-14)6-13-12(8)16-11-3-4-15-9(11)2/h3-7H,1-2H3. The van der Waals surface area contributed by atoms with E-state index in [1.165, 1.54) is 0 Å². The van der Waals surface area contributed by atoms with Crippen LogP contribution in [0.4, 0.5) is 0 Å². The number of rotatable bonds is 3. The van der Waals surface area contributed by atoms with Gasteiger partial charge in [-0.1, -0.05) is 11.8 Å². The minimum atomic E-state index is 0.603. The van der Waals surface area contributed by atoms with Gasteiger partial charge in [-0.2, -0.15) is 0 Å². The molecular formula is C12H11NO2S. The third kappa shape index (κ3) is 2.17. The summed E-state index contributed by atoms with van der Waals surface area (Å²) in [5.74, 6) is 0.880. The summed E-state index contributed by atoms with van der Waals surface area (Å²) < 4.78 is 5.22. The van der Waals surface area contributed by atoms with Crippen LogP contribution in [-0.4, -0.2) is 11.3 Å². The van der Waals surface area contributed by atoms with Crippen molar-refractivity contribution in [3.63, 3.8) is 0 Å². The summed E-state index contributed by atoms with van der Waals surface area (Å²) in [7, 11) is 0. The van der Waals surface area contributed by atoms with E-state index in [0.717, 1.165) is 27.5 Å². The van der Waals surface area contributed by atoms with Crippen LogP contribution in [0.5, 0.6) is 0 Å². The molecule has 0 fully saturated rings. The molecule has 4 heteroatoms. The van der Waals surface area contributed by atoms with Gasteiger partial charge in [0.05, 0.1) is 11.2 Å². The molecule has 2 heterocycles. The highest BCUT2D eigenvalue weighted by Crippen LogP contribution is 2.31. The van der Waals surface area contributed by atoms with Gasteiger partial charge in [-0.15, -0.1) is 0 Å². The van der Waals surface area contributed by atoms with Crippen molar-refractivity contribution < 1.29 is 9.21 Å². The number of aldehydes is 1. The van der Waals surface area contributed by atoms with Gasteiger partial charge in [-0.3, -0.25) is 4.79 Å². The van der Waals surface area contributed by atoms with Crippen LogP contribution in [0.2, 0.25) is 0 Å². The molecule has 0 saturated carbocycles. The molecule has 2 rings (SSSR count). The second kappa shape index (κ2) is 4.53. The lowest BCUT2D eigenvalue weighted by atomic mass is 10.2. The number of pyridine rings is 1. The van der Waals surface area contributed by atoms with Gasteiger partial charge in [0.25, 0.3) is 0 Å². The zero-order valence-electron chi connectivity index (χ0n) is 9.06. The van der Waals surface area contributed by atoms with Crippen LogP contribution in [0.15, 0.2) is 38.9 Å². The summed E-state index contributed by atoms with van der Waals surface area (Å²) in [6.45, 7) is 3.86. The van der Waals surface area contributed by atoms with Gasteiger partial charge in [0.2, 0.25) is 0 Å². The SMILES string of the molecule is Cc1cc(C=O)cnc1Sc1ccoc1C. The fourth-order valence-corrected chi connectivity index (χ4v) is 2.19. The van der Waals surface area contributed by atoms with Crippen molar-refractivity contribution in [1.82, 2.24) is 4.98 Å². The molecule has 0 unspecified atom stereocenters. The molecule has 0 spiro atoms. The van der Waals surface area contributed by atoms with Crippen molar-refractivity contribution >= 4 is 18.0 Å². The first kappa shape index (κ1) is 11.0. The van der Waals surface area contributed by atoms with Gasteiger partial charge in [0, 0.05) is 11.8 Å². The van der Waals surface area contributed by atoms with Crippen molar-refractivity contribution in [3.05, 3.63) is 41.5 Å². The van der Waals surface area contributed by atoms with E-state index in [4.69, 9.17) is 4.42 Å². The first-order valence-corrected chi connectivity index (χ1v) is 5.66. The topological polar surface area (TPSA) is 43.1 Å². The number of carbonyl (C=O) groups is 1. The minimum absolute atomic E-state index is 0.603. The van der Waals surface area contributed by atoms with Crippen molar-refractivity contribution in [2.75, 3.05) is 0 Å². The molecule has 16 heavy (non-hydrogen) atoms. The van der Waals surface area contributed by atoms with E-state index in [2.05, 4.69) is 4.98 Å². The summed E-state index contributed by atoms with van der Waals surface area (Å²) in [4.78, 5) is 15.9. The Bertz CT molecular complexity index is 519. The molecule has 82 valence electrons. The molecular weight excluding hydrogens is 222 g/mol.